The third kappa shape index (κ3) is 1.60. The van der Waals surface area contributed by atoms with E-state index in [2.05, 4.69) is 10.2 Å². The van der Waals surface area contributed by atoms with E-state index in [1.807, 2.05) is 12.1 Å². The van der Waals surface area contributed by atoms with E-state index >= 15 is 0 Å². The first kappa shape index (κ1) is 9.49. The second kappa shape index (κ2) is 3.87. The molecular formula is C8H6ClN3O. The van der Waals surface area contributed by atoms with E-state index < -0.39 is 0 Å². The van der Waals surface area contributed by atoms with Crippen molar-refractivity contribution < 1.29 is 4.74 Å². The van der Waals surface area contributed by atoms with Gasteiger partial charge in [0.2, 0.25) is 0 Å². The Labute approximate surface area is 80.6 Å². The average molecular weight is 196 g/mol. The predicted octanol–water partition coefficient (Wildman–Crippen LogP) is -0.681. The van der Waals surface area contributed by atoms with Crippen molar-refractivity contribution in [3.8, 4) is 6.07 Å². The maximum absolute atomic E-state index is 8.70. The predicted molar refractivity (Wildman–Crippen MR) is 48.1 cm³/mol. The van der Waals surface area contributed by atoms with Gasteiger partial charge in [-0.15, -0.1) is 17.5 Å². The quantitative estimate of drug-likeness (QED) is 0.551. The van der Waals surface area contributed by atoms with E-state index in [1.165, 1.54) is 12.5 Å². The van der Waals surface area contributed by atoms with Crippen LogP contribution in [0.4, 0.5) is 0 Å². The van der Waals surface area contributed by atoms with E-state index in [-0.39, 0.29) is 12.4 Å². The fraction of sp³-hybridized carbons (Fsp3) is 0.125. The van der Waals surface area contributed by atoms with Crippen LogP contribution in [-0.4, -0.2) is 16.8 Å². The fourth-order valence-corrected chi connectivity index (χ4v) is 1.06. The lowest BCUT2D eigenvalue weighted by molar-refractivity contribution is 0.344. The van der Waals surface area contributed by atoms with E-state index in [1.54, 1.807) is 0 Å². The molecule has 0 unspecified atom stereocenters. The highest BCUT2D eigenvalue weighted by Crippen LogP contribution is 1.85. The van der Waals surface area contributed by atoms with Crippen LogP contribution in [0.15, 0.2) is 6.20 Å². The molecule has 5 heteroatoms. The lowest BCUT2D eigenvalue weighted by atomic mass is 10.2. The van der Waals surface area contributed by atoms with Crippen molar-refractivity contribution in [2.24, 2.45) is 0 Å². The highest BCUT2D eigenvalue weighted by molar-refractivity contribution is 5.85. The van der Waals surface area contributed by atoms with Gasteiger partial charge in [-0.05, 0) is 6.08 Å². The third-order valence-electron chi connectivity index (χ3n) is 1.62. The zero-order valence-electron chi connectivity index (χ0n) is 6.60. The Hall–Kier alpha value is -1.60. The molecule has 2 heterocycles. The van der Waals surface area contributed by atoms with Gasteiger partial charge in [0, 0.05) is 5.22 Å². The van der Waals surface area contributed by atoms with Crippen LogP contribution in [-0.2, 0) is 4.74 Å². The van der Waals surface area contributed by atoms with E-state index in [9.17, 15) is 0 Å². The summed E-state index contributed by atoms with van der Waals surface area (Å²) in [6, 6.07) is 2.05. The summed E-state index contributed by atoms with van der Waals surface area (Å²) in [4.78, 5) is 0. The molecule has 0 amide bonds. The number of hydrogen-bond acceptors (Lipinski definition) is 4. The van der Waals surface area contributed by atoms with Crippen LogP contribution in [0, 0.1) is 11.3 Å². The van der Waals surface area contributed by atoms with Gasteiger partial charge >= 0.3 is 0 Å². The molecule has 1 aromatic heterocycles. The van der Waals surface area contributed by atoms with Crippen molar-refractivity contribution in [1.82, 2.24) is 10.2 Å². The molecule has 1 aromatic rings. The summed E-state index contributed by atoms with van der Waals surface area (Å²) in [5.41, 5.74) is 0.541. The number of ether oxygens (including phenoxy) is 1. The van der Waals surface area contributed by atoms with Crippen molar-refractivity contribution in [3.05, 3.63) is 22.3 Å². The first-order valence-electron chi connectivity index (χ1n) is 3.45. The summed E-state index contributed by atoms with van der Waals surface area (Å²) >= 11 is 0. The number of halogens is 1. The molecule has 0 atom stereocenters. The van der Waals surface area contributed by atoms with Crippen LogP contribution in [0.2, 0.25) is 0 Å². The number of aromatic nitrogens is 2. The molecule has 13 heavy (non-hydrogen) atoms. The number of nitriles is 1. The highest BCUT2D eigenvalue weighted by Gasteiger charge is 2.00. The molecule has 0 fully saturated rings. The van der Waals surface area contributed by atoms with Crippen molar-refractivity contribution in [1.29, 1.82) is 5.26 Å². The summed E-state index contributed by atoms with van der Waals surface area (Å²) in [6.45, 7) is 0.493. The maximum atomic E-state index is 8.70. The van der Waals surface area contributed by atoms with Crippen LogP contribution in [0.25, 0.3) is 12.3 Å². The minimum absolute atomic E-state index is 0. The number of hydrogen-bond donors (Lipinski definition) is 0. The summed E-state index contributed by atoms with van der Waals surface area (Å²) in [5.74, 6) is 0. The third-order valence-corrected chi connectivity index (χ3v) is 1.62. The van der Waals surface area contributed by atoms with Crippen LogP contribution >= 0.6 is 12.4 Å². The summed E-state index contributed by atoms with van der Waals surface area (Å²) in [5, 5.41) is 17.6. The van der Waals surface area contributed by atoms with Crippen LogP contribution in [0.1, 0.15) is 5.56 Å². The second-order valence-electron chi connectivity index (χ2n) is 2.32. The number of fused-ring (bicyclic) bond motifs is 1. The van der Waals surface area contributed by atoms with Crippen LogP contribution in [0.3, 0.4) is 0 Å². The Balaban J connectivity index is 0.000000845. The Morgan fingerprint density at radius 1 is 1.54 bits per heavy atom. The Morgan fingerprint density at radius 3 is 3.15 bits per heavy atom. The molecule has 0 aliphatic carbocycles. The molecule has 0 aromatic carbocycles. The molecule has 0 spiro atoms. The molecular weight excluding hydrogens is 190 g/mol. The van der Waals surface area contributed by atoms with Gasteiger partial charge in [-0.1, -0.05) is 0 Å². The van der Waals surface area contributed by atoms with E-state index in [4.69, 9.17) is 10.00 Å². The zero-order chi connectivity index (χ0) is 8.39. The van der Waals surface area contributed by atoms with Gasteiger partial charge < -0.3 is 4.74 Å². The zero-order valence-corrected chi connectivity index (χ0v) is 7.41. The molecule has 4 nitrogen and oxygen atoms in total. The topological polar surface area (TPSA) is 58.8 Å². The molecule has 0 N–H and O–H groups in total. The monoisotopic (exact) mass is 195 g/mol. The molecule has 0 radical (unpaired) electrons. The van der Waals surface area contributed by atoms with Gasteiger partial charge in [0.15, 0.2) is 0 Å². The van der Waals surface area contributed by atoms with Crippen molar-refractivity contribution >= 4 is 24.7 Å². The molecule has 1 aliphatic rings. The molecule has 66 valence electrons. The van der Waals surface area contributed by atoms with Gasteiger partial charge in [0.25, 0.3) is 0 Å². The lowest BCUT2D eigenvalue weighted by Gasteiger charge is -2.00. The van der Waals surface area contributed by atoms with Gasteiger partial charge in [0.1, 0.15) is 24.3 Å². The maximum Gasteiger partial charge on any atom is 0.128 e. The minimum atomic E-state index is 0. The average Bonchev–Trinajstić information content (AvgIpc) is 2.17. The SMILES string of the molecule is Cl.N#Cc1cnnc2c1=CCOC=2. The van der Waals surface area contributed by atoms with E-state index in [0.29, 0.717) is 17.5 Å². The molecule has 0 saturated heterocycles. The first-order valence-corrected chi connectivity index (χ1v) is 3.45. The van der Waals surface area contributed by atoms with Crippen LogP contribution in [0.5, 0.6) is 0 Å². The summed E-state index contributed by atoms with van der Waals surface area (Å²) < 4.78 is 5.00. The van der Waals surface area contributed by atoms with E-state index in [0.717, 1.165) is 5.22 Å². The normalized spacial score (nSPS) is 11.9. The second-order valence-corrected chi connectivity index (χ2v) is 2.32. The number of rotatable bonds is 0. The molecule has 2 rings (SSSR count). The van der Waals surface area contributed by atoms with Crippen LogP contribution < -0.4 is 10.6 Å². The Bertz CT molecular complexity index is 463. The lowest BCUT2D eigenvalue weighted by Crippen LogP contribution is -2.34. The molecule has 1 aliphatic heterocycles. The minimum Gasteiger partial charge on any atom is -0.495 e. The van der Waals surface area contributed by atoms with Gasteiger partial charge in [0.05, 0.1) is 11.8 Å². The fourth-order valence-electron chi connectivity index (χ4n) is 1.06. The largest absolute Gasteiger partial charge is 0.495 e. The number of nitrogens with zero attached hydrogens (tertiary/aromatic N) is 3. The molecule has 0 bridgehead atoms. The van der Waals surface area contributed by atoms with Gasteiger partial charge in [-0.25, -0.2) is 0 Å². The summed E-state index contributed by atoms with van der Waals surface area (Å²) in [6.07, 6.45) is 4.79. The van der Waals surface area contributed by atoms with Crippen molar-refractivity contribution in [2.75, 3.05) is 6.61 Å². The van der Waals surface area contributed by atoms with Gasteiger partial charge in [-0.2, -0.15) is 10.4 Å². The van der Waals surface area contributed by atoms with Gasteiger partial charge in [-0.3, -0.25) is 0 Å². The highest BCUT2D eigenvalue weighted by atomic mass is 35.5. The first-order chi connectivity index (χ1) is 5.92. The Kier molecular flexibility index (Phi) is 2.83. The Morgan fingerprint density at radius 2 is 2.38 bits per heavy atom. The standard InChI is InChI=1S/C8H5N3O.ClH/c9-3-6-4-10-11-8-5-12-2-1-7(6)8;/h1,4-5H,2H2;1H. The smallest absolute Gasteiger partial charge is 0.128 e. The van der Waals surface area contributed by atoms with Crippen molar-refractivity contribution in [2.45, 2.75) is 0 Å². The van der Waals surface area contributed by atoms with Crippen molar-refractivity contribution in [3.63, 3.8) is 0 Å². The summed E-state index contributed by atoms with van der Waals surface area (Å²) in [7, 11) is 0. The molecule has 0 saturated carbocycles.